The lowest BCUT2D eigenvalue weighted by Crippen LogP contribution is -2.50. The van der Waals surface area contributed by atoms with Crippen LogP contribution in [0.2, 0.25) is 0 Å². The maximum Gasteiger partial charge on any atom is 0.253 e. The second-order valence-electron chi connectivity index (χ2n) is 9.19. The molecule has 2 amide bonds. The standard InChI is InChI=1S/C25H33N3O2/c1-18-7-6-8-22(19(18)2)26-23(29)17-27-13-15-28(16-14-27)24(30)20-9-11-21(12-10-20)25(3,4)5/h6-12H,13-17H2,1-5H3,(H,26,29). The Morgan fingerprint density at radius 1 is 0.933 bits per heavy atom. The van der Waals surface area contributed by atoms with E-state index in [4.69, 9.17) is 0 Å². The number of benzene rings is 2. The van der Waals surface area contributed by atoms with Gasteiger partial charge in [-0.3, -0.25) is 14.5 Å². The summed E-state index contributed by atoms with van der Waals surface area (Å²) in [6.45, 7) is 13.6. The molecule has 1 aliphatic heterocycles. The second-order valence-corrected chi connectivity index (χ2v) is 9.19. The molecule has 3 rings (SSSR count). The van der Waals surface area contributed by atoms with Gasteiger partial charge in [0, 0.05) is 37.4 Å². The smallest absolute Gasteiger partial charge is 0.253 e. The molecular weight excluding hydrogens is 374 g/mol. The maximum absolute atomic E-state index is 12.8. The van der Waals surface area contributed by atoms with Crippen molar-refractivity contribution in [2.24, 2.45) is 0 Å². The van der Waals surface area contributed by atoms with E-state index in [1.54, 1.807) is 0 Å². The highest BCUT2D eigenvalue weighted by molar-refractivity contribution is 5.94. The molecule has 30 heavy (non-hydrogen) atoms. The lowest BCUT2D eigenvalue weighted by molar-refractivity contribution is -0.117. The van der Waals surface area contributed by atoms with Gasteiger partial charge in [-0.05, 0) is 54.2 Å². The normalized spacial score (nSPS) is 15.2. The summed E-state index contributed by atoms with van der Waals surface area (Å²) in [7, 11) is 0. The number of hydrogen-bond acceptors (Lipinski definition) is 3. The van der Waals surface area contributed by atoms with Crippen LogP contribution in [0.1, 0.15) is 47.8 Å². The van der Waals surface area contributed by atoms with E-state index in [9.17, 15) is 9.59 Å². The van der Waals surface area contributed by atoms with Gasteiger partial charge in [-0.2, -0.15) is 0 Å². The Balaban J connectivity index is 1.51. The first-order valence-electron chi connectivity index (χ1n) is 10.6. The molecule has 0 unspecified atom stereocenters. The highest BCUT2D eigenvalue weighted by atomic mass is 16.2. The molecule has 0 spiro atoms. The third-order valence-corrected chi connectivity index (χ3v) is 5.90. The first kappa shape index (κ1) is 22.0. The van der Waals surface area contributed by atoms with Gasteiger partial charge in [0.2, 0.25) is 5.91 Å². The van der Waals surface area contributed by atoms with Gasteiger partial charge in [0.1, 0.15) is 0 Å². The minimum atomic E-state index is -0.0127. The van der Waals surface area contributed by atoms with Gasteiger partial charge in [-0.25, -0.2) is 0 Å². The summed E-state index contributed by atoms with van der Waals surface area (Å²) in [5.74, 6) is 0.0520. The summed E-state index contributed by atoms with van der Waals surface area (Å²) in [5, 5.41) is 3.01. The van der Waals surface area contributed by atoms with Crippen molar-refractivity contribution in [1.29, 1.82) is 0 Å². The highest BCUT2D eigenvalue weighted by Gasteiger charge is 2.24. The van der Waals surface area contributed by atoms with Crippen molar-refractivity contribution < 1.29 is 9.59 Å². The molecule has 0 bridgehead atoms. The number of nitrogens with one attached hydrogen (secondary N) is 1. The lowest BCUT2D eigenvalue weighted by Gasteiger charge is -2.34. The van der Waals surface area contributed by atoms with Gasteiger partial charge in [-0.15, -0.1) is 0 Å². The van der Waals surface area contributed by atoms with Gasteiger partial charge in [0.05, 0.1) is 6.54 Å². The minimum Gasteiger partial charge on any atom is -0.336 e. The fraction of sp³-hybridized carbons (Fsp3) is 0.440. The van der Waals surface area contributed by atoms with E-state index in [0.29, 0.717) is 32.7 Å². The number of anilines is 1. The van der Waals surface area contributed by atoms with Crippen LogP contribution < -0.4 is 5.32 Å². The van der Waals surface area contributed by atoms with E-state index in [2.05, 4.69) is 31.0 Å². The van der Waals surface area contributed by atoms with Crippen LogP contribution in [0.3, 0.4) is 0 Å². The fourth-order valence-electron chi connectivity index (χ4n) is 3.68. The number of hydrogen-bond donors (Lipinski definition) is 1. The number of nitrogens with zero attached hydrogens (tertiary/aromatic N) is 2. The summed E-state index contributed by atoms with van der Waals surface area (Å²) >= 11 is 0. The number of carbonyl (C=O) groups excluding carboxylic acids is 2. The summed E-state index contributed by atoms with van der Waals surface area (Å²) in [5.41, 5.74) is 5.15. The van der Waals surface area contributed by atoms with E-state index in [-0.39, 0.29) is 17.2 Å². The number of amides is 2. The Labute approximate surface area is 180 Å². The van der Waals surface area contributed by atoms with Crippen molar-refractivity contribution in [1.82, 2.24) is 9.80 Å². The Morgan fingerprint density at radius 3 is 2.17 bits per heavy atom. The Bertz CT molecular complexity index is 905. The molecule has 0 saturated carbocycles. The van der Waals surface area contributed by atoms with Crippen LogP contribution in [-0.2, 0) is 10.2 Å². The molecule has 5 nitrogen and oxygen atoms in total. The van der Waals surface area contributed by atoms with Gasteiger partial charge in [0.15, 0.2) is 0 Å². The quantitative estimate of drug-likeness (QED) is 0.834. The third-order valence-electron chi connectivity index (χ3n) is 5.90. The maximum atomic E-state index is 12.8. The number of carbonyl (C=O) groups is 2. The van der Waals surface area contributed by atoms with E-state index in [1.807, 2.05) is 61.2 Å². The minimum absolute atomic E-state index is 0.0127. The van der Waals surface area contributed by atoms with Gasteiger partial charge >= 0.3 is 0 Å². The SMILES string of the molecule is Cc1cccc(NC(=O)CN2CCN(C(=O)c3ccc(C(C)(C)C)cc3)CC2)c1C. The second kappa shape index (κ2) is 9.00. The average molecular weight is 408 g/mol. The van der Waals surface area contributed by atoms with Crippen molar-refractivity contribution >= 4 is 17.5 Å². The van der Waals surface area contributed by atoms with Crippen LogP contribution in [0.5, 0.6) is 0 Å². The van der Waals surface area contributed by atoms with Crippen molar-refractivity contribution in [2.45, 2.75) is 40.0 Å². The molecule has 0 atom stereocenters. The molecule has 5 heteroatoms. The van der Waals surface area contributed by atoms with Crippen molar-refractivity contribution in [2.75, 3.05) is 38.0 Å². The molecule has 1 N–H and O–H groups in total. The van der Waals surface area contributed by atoms with Crippen LogP contribution in [0.25, 0.3) is 0 Å². The van der Waals surface area contributed by atoms with Gasteiger partial charge in [-0.1, -0.05) is 45.0 Å². The van der Waals surface area contributed by atoms with E-state index >= 15 is 0 Å². The Kier molecular flexibility index (Phi) is 6.61. The average Bonchev–Trinajstić information content (AvgIpc) is 2.71. The Hall–Kier alpha value is -2.66. The lowest BCUT2D eigenvalue weighted by atomic mass is 9.86. The summed E-state index contributed by atoms with van der Waals surface area (Å²) in [4.78, 5) is 29.3. The number of piperazine rings is 1. The van der Waals surface area contributed by atoms with Crippen LogP contribution in [0, 0.1) is 13.8 Å². The van der Waals surface area contributed by atoms with Crippen molar-refractivity contribution in [3.8, 4) is 0 Å². The molecule has 1 saturated heterocycles. The summed E-state index contributed by atoms with van der Waals surface area (Å²) < 4.78 is 0. The molecule has 0 radical (unpaired) electrons. The zero-order chi connectivity index (χ0) is 21.9. The summed E-state index contributed by atoms with van der Waals surface area (Å²) in [6, 6.07) is 13.9. The topological polar surface area (TPSA) is 52.7 Å². The van der Waals surface area contributed by atoms with Crippen LogP contribution in [0.15, 0.2) is 42.5 Å². The third kappa shape index (κ3) is 5.28. The predicted molar refractivity (Wildman–Crippen MR) is 122 cm³/mol. The number of rotatable bonds is 4. The first-order valence-corrected chi connectivity index (χ1v) is 10.6. The molecule has 1 heterocycles. The molecule has 1 aliphatic rings. The van der Waals surface area contributed by atoms with Crippen molar-refractivity contribution in [3.63, 3.8) is 0 Å². The van der Waals surface area contributed by atoms with E-state index < -0.39 is 0 Å². The zero-order valence-electron chi connectivity index (χ0n) is 18.8. The van der Waals surface area contributed by atoms with E-state index in [0.717, 1.165) is 22.4 Å². The zero-order valence-corrected chi connectivity index (χ0v) is 18.8. The molecule has 160 valence electrons. The predicted octanol–water partition coefficient (Wildman–Crippen LogP) is 4.00. The molecule has 2 aromatic carbocycles. The summed E-state index contributed by atoms with van der Waals surface area (Å²) in [6.07, 6.45) is 0. The first-order chi connectivity index (χ1) is 14.1. The van der Waals surface area contributed by atoms with Crippen LogP contribution >= 0.6 is 0 Å². The van der Waals surface area contributed by atoms with Crippen LogP contribution in [-0.4, -0.2) is 54.3 Å². The molecule has 0 aromatic heterocycles. The molecule has 0 aliphatic carbocycles. The van der Waals surface area contributed by atoms with Crippen molar-refractivity contribution in [3.05, 3.63) is 64.7 Å². The van der Waals surface area contributed by atoms with E-state index in [1.165, 1.54) is 5.56 Å². The highest BCUT2D eigenvalue weighted by Crippen LogP contribution is 2.23. The van der Waals surface area contributed by atoms with Crippen LogP contribution in [0.4, 0.5) is 5.69 Å². The molecule has 1 fully saturated rings. The van der Waals surface area contributed by atoms with Gasteiger partial charge < -0.3 is 10.2 Å². The largest absolute Gasteiger partial charge is 0.336 e. The molecule has 2 aromatic rings. The monoisotopic (exact) mass is 407 g/mol. The Morgan fingerprint density at radius 2 is 1.57 bits per heavy atom. The molecular formula is C25H33N3O2. The fourth-order valence-corrected chi connectivity index (χ4v) is 3.68. The van der Waals surface area contributed by atoms with Gasteiger partial charge in [0.25, 0.3) is 5.91 Å². The number of aryl methyl sites for hydroxylation is 1.